The van der Waals surface area contributed by atoms with Crippen molar-refractivity contribution in [2.45, 2.75) is 6.92 Å². The molecule has 5 heteroatoms. The summed E-state index contributed by atoms with van der Waals surface area (Å²) in [5.41, 5.74) is 3.98. The molecule has 0 fully saturated rings. The van der Waals surface area contributed by atoms with Crippen LogP contribution in [0.3, 0.4) is 0 Å². The number of carboxylic acid groups (broad SMARTS) is 1. The van der Waals surface area contributed by atoms with E-state index in [0.29, 0.717) is 0 Å². The van der Waals surface area contributed by atoms with Gasteiger partial charge in [0.05, 0.1) is 11.3 Å². The van der Waals surface area contributed by atoms with Crippen molar-refractivity contribution < 1.29 is 18.7 Å². The lowest BCUT2D eigenvalue weighted by Gasteiger charge is -2.05. The highest BCUT2D eigenvalue weighted by molar-refractivity contribution is 5.90. The predicted molar refractivity (Wildman–Crippen MR) is 42.5 cm³/mol. The Morgan fingerprint density at radius 2 is 2.00 bits per heavy atom. The van der Waals surface area contributed by atoms with Crippen molar-refractivity contribution in [2.24, 2.45) is 0 Å². The zero-order chi connectivity index (χ0) is 10.2. The predicted octanol–water partition coefficient (Wildman–Crippen LogP) is 1.55. The Kier molecular flexibility index (Phi) is 2.18. The van der Waals surface area contributed by atoms with Crippen molar-refractivity contribution in [1.82, 2.24) is 0 Å². The van der Waals surface area contributed by atoms with Crippen LogP contribution in [-0.4, -0.2) is 11.1 Å². The summed E-state index contributed by atoms with van der Waals surface area (Å²) in [4.78, 5) is 10.5. The average Bonchev–Trinajstić information content (AvgIpc) is 2.07. The molecule has 1 aromatic rings. The molecule has 0 aromatic heterocycles. The van der Waals surface area contributed by atoms with Crippen LogP contribution in [-0.2, 0) is 0 Å². The van der Waals surface area contributed by atoms with Crippen molar-refractivity contribution in [2.75, 3.05) is 5.73 Å². The van der Waals surface area contributed by atoms with Gasteiger partial charge in [-0.2, -0.15) is 0 Å². The molecule has 1 aromatic carbocycles. The van der Waals surface area contributed by atoms with Crippen LogP contribution in [0.25, 0.3) is 0 Å². The molecule has 0 amide bonds. The first-order valence-corrected chi connectivity index (χ1v) is 3.42. The molecule has 0 aliphatic rings. The van der Waals surface area contributed by atoms with Gasteiger partial charge in [0, 0.05) is 5.56 Å². The van der Waals surface area contributed by atoms with E-state index in [-0.39, 0.29) is 11.1 Å². The van der Waals surface area contributed by atoms with Crippen LogP contribution in [0.4, 0.5) is 14.5 Å². The van der Waals surface area contributed by atoms with Crippen LogP contribution in [0.2, 0.25) is 0 Å². The van der Waals surface area contributed by atoms with E-state index < -0.39 is 23.3 Å². The van der Waals surface area contributed by atoms with Crippen LogP contribution in [0.15, 0.2) is 6.07 Å². The molecule has 0 saturated heterocycles. The monoisotopic (exact) mass is 187 g/mol. The van der Waals surface area contributed by atoms with Gasteiger partial charge in [-0.15, -0.1) is 0 Å². The van der Waals surface area contributed by atoms with Gasteiger partial charge in [-0.1, -0.05) is 0 Å². The average molecular weight is 187 g/mol. The molecule has 1 rings (SSSR count). The molecule has 0 aliphatic carbocycles. The molecule has 0 spiro atoms. The van der Waals surface area contributed by atoms with Crippen molar-refractivity contribution in [3.63, 3.8) is 0 Å². The van der Waals surface area contributed by atoms with Gasteiger partial charge in [0.2, 0.25) is 0 Å². The second kappa shape index (κ2) is 3.01. The number of rotatable bonds is 1. The Bertz CT molecular complexity index is 377. The number of nitrogens with two attached hydrogens (primary N) is 1. The normalized spacial score (nSPS) is 10.1. The minimum absolute atomic E-state index is 0.251. The van der Waals surface area contributed by atoms with Crippen LogP contribution >= 0.6 is 0 Å². The maximum Gasteiger partial charge on any atom is 0.336 e. The van der Waals surface area contributed by atoms with Gasteiger partial charge in [-0.25, -0.2) is 13.6 Å². The van der Waals surface area contributed by atoms with Gasteiger partial charge in [-0.05, 0) is 13.0 Å². The molecule has 0 aliphatic heterocycles. The van der Waals surface area contributed by atoms with Gasteiger partial charge >= 0.3 is 5.97 Å². The van der Waals surface area contributed by atoms with E-state index in [1.54, 1.807) is 0 Å². The van der Waals surface area contributed by atoms with Gasteiger partial charge < -0.3 is 10.8 Å². The highest BCUT2D eigenvalue weighted by Crippen LogP contribution is 2.21. The third-order valence-corrected chi connectivity index (χ3v) is 1.71. The first-order valence-electron chi connectivity index (χ1n) is 3.42. The molecule has 0 atom stereocenters. The van der Waals surface area contributed by atoms with E-state index >= 15 is 0 Å². The fraction of sp³-hybridized carbons (Fsp3) is 0.125. The standard InChI is InChI=1S/C8H7F2NO2/c1-3-4(8(12)13)2-5(11)7(10)6(3)9/h2H,11H2,1H3,(H,12,13). The van der Waals surface area contributed by atoms with Crippen molar-refractivity contribution in [3.05, 3.63) is 28.8 Å². The first-order chi connectivity index (χ1) is 5.95. The number of aromatic carboxylic acids is 1. The van der Waals surface area contributed by atoms with E-state index in [4.69, 9.17) is 10.8 Å². The second-order valence-electron chi connectivity index (χ2n) is 2.57. The van der Waals surface area contributed by atoms with Gasteiger partial charge in [0.15, 0.2) is 11.6 Å². The molecule has 3 nitrogen and oxygen atoms in total. The highest BCUT2D eigenvalue weighted by atomic mass is 19.2. The first kappa shape index (κ1) is 9.44. The Morgan fingerprint density at radius 1 is 1.46 bits per heavy atom. The summed E-state index contributed by atoms with van der Waals surface area (Å²) in [6.07, 6.45) is 0. The highest BCUT2D eigenvalue weighted by Gasteiger charge is 2.17. The summed E-state index contributed by atoms with van der Waals surface area (Å²) in [6.45, 7) is 1.18. The van der Waals surface area contributed by atoms with Crippen LogP contribution in [0.1, 0.15) is 15.9 Å². The third-order valence-electron chi connectivity index (χ3n) is 1.71. The minimum Gasteiger partial charge on any atom is -0.478 e. The maximum atomic E-state index is 12.9. The van der Waals surface area contributed by atoms with Crippen molar-refractivity contribution in [3.8, 4) is 0 Å². The Morgan fingerprint density at radius 3 is 2.46 bits per heavy atom. The molecule has 0 saturated carbocycles. The van der Waals surface area contributed by atoms with Gasteiger partial charge in [-0.3, -0.25) is 0 Å². The Hall–Kier alpha value is -1.65. The summed E-state index contributed by atoms with van der Waals surface area (Å²) in [5, 5.41) is 8.56. The number of nitrogen functional groups attached to an aromatic ring is 1. The quantitative estimate of drug-likeness (QED) is 0.655. The number of halogens is 2. The number of carboxylic acids is 1. The van der Waals surface area contributed by atoms with E-state index in [2.05, 4.69) is 0 Å². The zero-order valence-electron chi connectivity index (χ0n) is 6.77. The molecule has 13 heavy (non-hydrogen) atoms. The maximum absolute atomic E-state index is 12.9. The smallest absolute Gasteiger partial charge is 0.336 e. The Labute approximate surface area is 72.8 Å². The summed E-state index contributed by atoms with van der Waals surface area (Å²) in [6, 6.07) is 0.899. The lowest BCUT2D eigenvalue weighted by molar-refractivity contribution is 0.0695. The molecule has 0 radical (unpaired) electrons. The van der Waals surface area contributed by atoms with Gasteiger partial charge in [0.25, 0.3) is 0 Å². The molecular formula is C8H7F2NO2. The van der Waals surface area contributed by atoms with Crippen molar-refractivity contribution >= 4 is 11.7 Å². The number of hydrogen-bond acceptors (Lipinski definition) is 2. The lowest BCUT2D eigenvalue weighted by Crippen LogP contribution is -2.06. The molecule has 0 unspecified atom stereocenters. The molecule has 70 valence electrons. The summed E-state index contributed by atoms with van der Waals surface area (Å²) in [7, 11) is 0. The second-order valence-corrected chi connectivity index (χ2v) is 2.57. The molecular weight excluding hydrogens is 180 g/mol. The van der Waals surface area contributed by atoms with E-state index in [9.17, 15) is 13.6 Å². The van der Waals surface area contributed by atoms with Crippen LogP contribution in [0, 0.1) is 18.6 Å². The number of benzene rings is 1. The fourth-order valence-electron chi connectivity index (χ4n) is 0.959. The minimum atomic E-state index is -1.33. The van der Waals surface area contributed by atoms with Gasteiger partial charge in [0.1, 0.15) is 0 Å². The van der Waals surface area contributed by atoms with E-state index in [1.165, 1.54) is 6.92 Å². The van der Waals surface area contributed by atoms with Crippen LogP contribution in [0.5, 0.6) is 0 Å². The Balaban J connectivity index is 3.50. The topological polar surface area (TPSA) is 63.3 Å². The summed E-state index contributed by atoms with van der Waals surface area (Å²) in [5.74, 6) is -3.75. The summed E-state index contributed by atoms with van der Waals surface area (Å²) >= 11 is 0. The molecule has 0 bridgehead atoms. The van der Waals surface area contributed by atoms with E-state index in [1.807, 2.05) is 0 Å². The van der Waals surface area contributed by atoms with Crippen molar-refractivity contribution in [1.29, 1.82) is 0 Å². The number of carbonyl (C=O) groups is 1. The fourth-order valence-corrected chi connectivity index (χ4v) is 0.959. The summed E-state index contributed by atoms with van der Waals surface area (Å²) < 4.78 is 25.6. The molecule has 3 N–H and O–H groups in total. The lowest BCUT2D eigenvalue weighted by atomic mass is 10.1. The van der Waals surface area contributed by atoms with E-state index in [0.717, 1.165) is 6.07 Å². The molecule has 0 heterocycles. The largest absolute Gasteiger partial charge is 0.478 e. The number of anilines is 1. The third kappa shape index (κ3) is 1.44. The SMILES string of the molecule is Cc1c(C(=O)O)cc(N)c(F)c1F. The number of hydrogen-bond donors (Lipinski definition) is 2. The zero-order valence-corrected chi connectivity index (χ0v) is 6.77. The van der Waals surface area contributed by atoms with Crippen LogP contribution < -0.4 is 5.73 Å².